The minimum atomic E-state index is 0.226. The van der Waals surface area contributed by atoms with Crippen LogP contribution in [0.1, 0.15) is 0 Å². The maximum absolute atomic E-state index is 9.37. The van der Waals surface area contributed by atoms with Gasteiger partial charge in [0.15, 0.2) is 0 Å². The van der Waals surface area contributed by atoms with Crippen LogP contribution in [0.2, 0.25) is 5.02 Å². The molecule has 1 aromatic heterocycles. The molecule has 0 saturated carbocycles. The van der Waals surface area contributed by atoms with Crippen molar-refractivity contribution in [2.24, 2.45) is 0 Å². The van der Waals surface area contributed by atoms with Crippen LogP contribution in [0.4, 0.5) is 5.69 Å². The summed E-state index contributed by atoms with van der Waals surface area (Å²) in [6, 6.07) is 3.42. The molecule has 1 heterocycles. The number of rotatable bonds is 0. The zero-order chi connectivity index (χ0) is 8.72. The molecule has 1 aromatic carbocycles. The SMILES string of the molecule is Nc1cc(Cl)cc2scc(O)c12. The summed E-state index contributed by atoms with van der Waals surface area (Å²) in [6.07, 6.45) is 0. The predicted molar refractivity (Wildman–Crippen MR) is 52.9 cm³/mol. The van der Waals surface area contributed by atoms with Gasteiger partial charge in [0.25, 0.3) is 0 Å². The van der Waals surface area contributed by atoms with Crippen molar-refractivity contribution < 1.29 is 5.11 Å². The van der Waals surface area contributed by atoms with Crippen LogP contribution in [-0.2, 0) is 0 Å². The summed E-state index contributed by atoms with van der Waals surface area (Å²) >= 11 is 7.21. The van der Waals surface area contributed by atoms with Gasteiger partial charge in [0.1, 0.15) is 5.75 Å². The Bertz CT molecular complexity index is 438. The fourth-order valence-corrected chi connectivity index (χ4v) is 2.33. The molecule has 2 aromatic rings. The van der Waals surface area contributed by atoms with Gasteiger partial charge < -0.3 is 10.8 Å². The minimum absolute atomic E-state index is 0.226. The smallest absolute Gasteiger partial charge is 0.136 e. The van der Waals surface area contributed by atoms with E-state index in [9.17, 15) is 5.11 Å². The van der Waals surface area contributed by atoms with Crippen LogP contribution >= 0.6 is 22.9 Å². The third-order valence-electron chi connectivity index (χ3n) is 1.65. The summed E-state index contributed by atoms with van der Waals surface area (Å²) in [4.78, 5) is 0. The first-order chi connectivity index (χ1) is 5.68. The minimum Gasteiger partial charge on any atom is -0.506 e. The van der Waals surface area contributed by atoms with Crippen molar-refractivity contribution in [1.29, 1.82) is 0 Å². The van der Waals surface area contributed by atoms with Gasteiger partial charge in [-0.3, -0.25) is 0 Å². The first-order valence-electron chi connectivity index (χ1n) is 3.33. The van der Waals surface area contributed by atoms with Gasteiger partial charge in [-0.15, -0.1) is 11.3 Å². The normalized spacial score (nSPS) is 10.8. The van der Waals surface area contributed by atoms with Crippen LogP contribution in [0.5, 0.6) is 5.75 Å². The quantitative estimate of drug-likeness (QED) is 0.641. The van der Waals surface area contributed by atoms with Crippen molar-refractivity contribution in [1.82, 2.24) is 0 Å². The molecular formula is C8H6ClNOS. The van der Waals surface area contributed by atoms with Gasteiger partial charge in [-0.2, -0.15) is 0 Å². The molecule has 0 bridgehead atoms. The molecule has 0 aliphatic rings. The molecule has 0 aliphatic heterocycles. The summed E-state index contributed by atoms with van der Waals surface area (Å²) in [7, 11) is 0. The van der Waals surface area contributed by atoms with Gasteiger partial charge in [-0.05, 0) is 12.1 Å². The Labute approximate surface area is 78.2 Å². The zero-order valence-electron chi connectivity index (χ0n) is 6.04. The lowest BCUT2D eigenvalue weighted by Crippen LogP contribution is -1.84. The van der Waals surface area contributed by atoms with E-state index in [1.165, 1.54) is 11.3 Å². The van der Waals surface area contributed by atoms with Crippen molar-refractivity contribution in [3.05, 3.63) is 22.5 Å². The van der Waals surface area contributed by atoms with Crippen LogP contribution in [0.3, 0.4) is 0 Å². The van der Waals surface area contributed by atoms with Crippen LogP contribution in [-0.4, -0.2) is 5.11 Å². The summed E-state index contributed by atoms with van der Waals surface area (Å²) in [5.41, 5.74) is 6.19. The Balaban J connectivity index is 2.93. The molecule has 3 N–H and O–H groups in total. The number of fused-ring (bicyclic) bond motifs is 1. The highest BCUT2D eigenvalue weighted by atomic mass is 35.5. The van der Waals surface area contributed by atoms with Crippen molar-refractivity contribution in [3.8, 4) is 5.75 Å². The molecule has 0 saturated heterocycles. The summed E-state index contributed by atoms with van der Waals surface area (Å²) in [5, 5.41) is 12.3. The van der Waals surface area contributed by atoms with Gasteiger partial charge in [0.05, 0.1) is 5.39 Å². The second-order valence-electron chi connectivity index (χ2n) is 2.49. The molecule has 0 unspecified atom stereocenters. The van der Waals surface area contributed by atoms with E-state index in [2.05, 4.69) is 0 Å². The van der Waals surface area contributed by atoms with Gasteiger partial charge in [0.2, 0.25) is 0 Å². The van der Waals surface area contributed by atoms with Crippen LogP contribution in [0.25, 0.3) is 10.1 Å². The number of benzene rings is 1. The predicted octanol–water partition coefficient (Wildman–Crippen LogP) is 2.84. The van der Waals surface area contributed by atoms with E-state index in [1.54, 1.807) is 17.5 Å². The van der Waals surface area contributed by atoms with E-state index in [0.717, 1.165) is 4.70 Å². The standard InChI is InChI=1S/C8H6ClNOS/c9-4-1-5(10)8-6(11)3-12-7(8)2-4/h1-3,11H,10H2. The largest absolute Gasteiger partial charge is 0.506 e. The average Bonchev–Trinajstić information content (AvgIpc) is 2.31. The Morgan fingerprint density at radius 2 is 2.17 bits per heavy atom. The Morgan fingerprint density at radius 1 is 1.42 bits per heavy atom. The number of anilines is 1. The maximum Gasteiger partial charge on any atom is 0.136 e. The summed E-state index contributed by atoms with van der Waals surface area (Å²) < 4.78 is 0.914. The number of aromatic hydroxyl groups is 1. The van der Waals surface area contributed by atoms with E-state index in [-0.39, 0.29) is 5.75 Å². The Morgan fingerprint density at radius 3 is 2.92 bits per heavy atom. The molecule has 0 radical (unpaired) electrons. The second-order valence-corrected chi connectivity index (χ2v) is 3.84. The number of hydrogen-bond donors (Lipinski definition) is 2. The maximum atomic E-state index is 9.37. The Hall–Kier alpha value is -0.930. The number of nitrogens with two attached hydrogens (primary N) is 1. The molecule has 0 atom stereocenters. The third kappa shape index (κ3) is 1.02. The van der Waals surface area contributed by atoms with Crippen molar-refractivity contribution >= 4 is 38.7 Å². The average molecular weight is 200 g/mol. The molecular weight excluding hydrogens is 194 g/mol. The van der Waals surface area contributed by atoms with Crippen LogP contribution < -0.4 is 5.73 Å². The fraction of sp³-hybridized carbons (Fsp3) is 0. The molecule has 0 fully saturated rings. The molecule has 2 nitrogen and oxygen atoms in total. The van der Waals surface area contributed by atoms with E-state index < -0.39 is 0 Å². The number of halogens is 1. The van der Waals surface area contributed by atoms with E-state index in [0.29, 0.717) is 16.1 Å². The molecule has 12 heavy (non-hydrogen) atoms. The van der Waals surface area contributed by atoms with Gasteiger partial charge in [-0.25, -0.2) is 0 Å². The molecule has 0 spiro atoms. The summed E-state index contributed by atoms with van der Waals surface area (Å²) in [5.74, 6) is 0.226. The monoisotopic (exact) mass is 199 g/mol. The van der Waals surface area contributed by atoms with Crippen LogP contribution in [0.15, 0.2) is 17.5 Å². The van der Waals surface area contributed by atoms with Crippen molar-refractivity contribution in [3.63, 3.8) is 0 Å². The highest BCUT2D eigenvalue weighted by Crippen LogP contribution is 2.37. The number of hydrogen-bond acceptors (Lipinski definition) is 3. The number of nitrogen functional groups attached to an aromatic ring is 1. The Kier molecular flexibility index (Phi) is 1.63. The third-order valence-corrected chi connectivity index (χ3v) is 2.79. The van der Waals surface area contributed by atoms with E-state index >= 15 is 0 Å². The number of thiophene rings is 1. The lowest BCUT2D eigenvalue weighted by atomic mass is 10.2. The second kappa shape index (κ2) is 2.54. The highest BCUT2D eigenvalue weighted by Gasteiger charge is 2.06. The first-order valence-corrected chi connectivity index (χ1v) is 4.59. The van der Waals surface area contributed by atoms with E-state index in [4.69, 9.17) is 17.3 Å². The molecule has 4 heteroatoms. The topological polar surface area (TPSA) is 46.2 Å². The van der Waals surface area contributed by atoms with Gasteiger partial charge in [-0.1, -0.05) is 11.6 Å². The molecule has 0 aliphatic carbocycles. The van der Waals surface area contributed by atoms with Crippen molar-refractivity contribution in [2.75, 3.05) is 5.73 Å². The zero-order valence-corrected chi connectivity index (χ0v) is 7.62. The van der Waals surface area contributed by atoms with Gasteiger partial charge >= 0.3 is 0 Å². The fourth-order valence-electron chi connectivity index (χ4n) is 1.15. The lowest BCUT2D eigenvalue weighted by Gasteiger charge is -1.97. The highest BCUT2D eigenvalue weighted by molar-refractivity contribution is 7.17. The molecule has 2 rings (SSSR count). The molecule has 0 amide bonds. The van der Waals surface area contributed by atoms with Crippen molar-refractivity contribution in [2.45, 2.75) is 0 Å². The van der Waals surface area contributed by atoms with Crippen LogP contribution in [0, 0.1) is 0 Å². The van der Waals surface area contributed by atoms with Gasteiger partial charge in [0, 0.05) is 20.8 Å². The van der Waals surface area contributed by atoms with E-state index in [1.807, 2.05) is 0 Å². The summed E-state index contributed by atoms with van der Waals surface area (Å²) in [6.45, 7) is 0. The first kappa shape index (κ1) is 7.71. The molecule has 62 valence electrons. The lowest BCUT2D eigenvalue weighted by molar-refractivity contribution is 0.484.